The van der Waals surface area contributed by atoms with Crippen molar-refractivity contribution in [3.05, 3.63) is 0 Å². The Labute approximate surface area is 52.1 Å². The van der Waals surface area contributed by atoms with E-state index in [-0.39, 0.29) is 0 Å². The van der Waals surface area contributed by atoms with E-state index in [1.807, 2.05) is 0 Å². The quantitative estimate of drug-likeness (QED) is 0.392. The number of hydrogen-bond acceptors (Lipinski definition) is 2. The Kier molecular flexibility index (Phi) is 1.23. The van der Waals surface area contributed by atoms with Crippen LogP contribution in [0.15, 0.2) is 0 Å². The molecule has 0 spiro atoms. The van der Waals surface area contributed by atoms with Crippen molar-refractivity contribution in [2.45, 2.75) is 12.4 Å². The smallest absolute Gasteiger partial charge is 0.411 e. The molecule has 1 saturated heterocycles. The Bertz CT molecular complexity index is 166. The maximum Gasteiger partial charge on any atom is 0.448 e. The lowest BCUT2D eigenvalue weighted by Gasteiger charge is -2.32. The molecule has 0 aromatic carbocycles. The molecule has 3 nitrogen and oxygen atoms in total. The van der Waals surface area contributed by atoms with Gasteiger partial charge in [-0.2, -0.15) is 13.2 Å². The van der Waals surface area contributed by atoms with Gasteiger partial charge in [-0.05, 0) is 0 Å². The van der Waals surface area contributed by atoms with Crippen molar-refractivity contribution in [1.82, 2.24) is 5.12 Å². The van der Waals surface area contributed by atoms with Crippen molar-refractivity contribution < 1.29 is 27.2 Å². The predicted octanol–water partition coefficient (Wildman–Crippen LogP) is 1.21. The zero-order valence-electron chi connectivity index (χ0n) is 4.35. The van der Waals surface area contributed by atoms with Gasteiger partial charge in [-0.3, -0.25) is 0 Å². The number of hydrogen-bond donors (Lipinski definition) is 0. The maximum absolute atomic E-state index is 11.7. The fourth-order valence-corrected chi connectivity index (χ4v) is 0.434. The lowest BCUT2D eigenvalue weighted by Crippen LogP contribution is -2.57. The largest absolute Gasteiger partial charge is 0.448 e. The van der Waals surface area contributed by atoms with E-state index in [1.165, 1.54) is 0 Å². The summed E-state index contributed by atoms with van der Waals surface area (Å²) in [5, 5.41) is -1.01. The van der Waals surface area contributed by atoms with Crippen LogP contribution in [0.3, 0.4) is 0 Å². The fraction of sp³-hybridized carbons (Fsp3) is 0.667. The number of cyclic esters (lactones) is 1. The monoisotopic (exact) mass is 159 g/mol. The summed E-state index contributed by atoms with van der Waals surface area (Å²) >= 11 is 0. The minimum atomic E-state index is -4.84. The van der Waals surface area contributed by atoms with Gasteiger partial charge in [0.25, 0.3) is 0 Å². The topological polar surface area (TPSA) is 29.5 Å². The second-order valence-corrected chi connectivity index (χ2v) is 1.59. The number of nitrogens with zero attached hydrogens (tertiary/aromatic N) is 1. The number of halogens is 4. The molecular formula is C3HF4NO2. The third-order valence-electron chi connectivity index (χ3n) is 0.873. The van der Waals surface area contributed by atoms with E-state index in [0.717, 1.165) is 0 Å². The average molecular weight is 159 g/mol. The molecule has 0 aromatic rings. The number of alkyl halides is 3. The summed E-state index contributed by atoms with van der Waals surface area (Å²) < 4.78 is 49.2. The van der Waals surface area contributed by atoms with Crippen LogP contribution in [0.5, 0.6) is 0 Å². The molecule has 0 aromatic heterocycles. The SMILES string of the molecule is O=C1O[C@@H](C(F)(F)F)N1F. The molecule has 0 N–H and O–H groups in total. The minimum Gasteiger partial charge on any atom is -0.411 e. The first-order valence-corrected chi connectivity index (χ1v) is 2.15. The van der Waals surface area contributed by atoms with Gasteiger partial charge < -0.3 is 4.74 Å². The summed E-state index contributed by atoms with van der Waals surface area (Å²) in [4.78, 5) is 9.72. The van der Waals surface area contributed by atoms with Crippen LogP contribution in [0.1, 0.15) is 0 Å². The Morgan fingerprint density at radius 2 is 2.00 bits per heavy atom. The highest BCUT2D eigenvalue weighted by Crippen LogP contribution is 2.32. The molecule has 58 valence electrons. The van der Waals surface area contributed by atoms with Crippen LogP contribution in [-0.2, 0) is 4.74 Å². The summed E-state index contributed by atoms with van der Waals surface area (Å²) in [7, 11) is 0. The van der Waals surface area contributed by atoms with Crippen LogP contribution in [0.4, 0.5) is 22.4 Å². The first-order valence-electron chi connectivity index (χ1n) is 2.15. The fourth-order valence-electron chi connectivity index (χ4n) is 0.434. The van der Waals surface area contributed by atoms with Gasteiger partial charge in [0.05, 0.1) is 0 Å². The molecule has 1 aliphatic heterocycles. The number of ether oxygens (including phenoxy) is 1. The van der Waals surface area contributed by atoms with E-state index in [9.17, 15) is 22.4 Å². The van der Waals surface area contributed by atoms with Gasteiger partial charge in [0, 0.05) is 0 Å². The van der Waals surface area contributed by atoms with Gasteiger partial charge in [-0.25, -0.2) is 4.79 Å². The highest BCUT2D eigenvalue weighted by atomic mass is 19.4. The molecule has 1 heterocycles. The van der Waals surface area contributed by atoms with E-state index in [4.69, 9.17) is 0 Å². The Morgan fingerprint density at radius 3 is 2.10 bits per heavy atom. The standard InChI is InChI=1S/C3HF4NO2/c4-3(5,6)1-8(7)2(9)10-1/h1H/t1-/m0/s1. The van der Waals surface area contributed by atoms with Crippen molar-refractivity contribution in [1.29, 1.82) is 0 Å². The zero-order chi connectivity index (χ0) is 7.94. The number of amides is 1. The summed E-state index contributed by atoms with van der Waals surface area (Å²) in [5.41, 5.74) is 0. The van der Waals surface area contributed by atoms with E-state index >= 15 is 0 Å². The van der Waals surface area contributed by atoms with E-state index in [2.05, 4.69) is 4.74 Å². The molecule has 1 fully saturated rings. The molecule has 0 aliphatic carbocycles. The highest BCUT2D eigenvalue weighted by molar-refractivity contribution is 5.71. The first-order chi connectivity index (χ1) is 4.43. The Morgan fingerprint density at radius 1 is 1.50 bits per heavy atom. The normalized spacial score (nSPS) is 25.8. The third kappa shape index (κ3) is 0.869. The summed E-state index contributed by atoms with van der Waals surface area (Å²) in [6.07, 6.45) is -9.16. The average Bonchev–Trinajstić information content (AvgIpc) is 1.79. The van der Waals surface area contributed by atoms with E-state index in [1.54, 1.807) is 0 Å². The van der Waals surface area contributed by atoms with E-state index < -0.39 is 23.6 Å². The van der Waals surface area contributed by atoms with Gasteiger partial charge in [-0.1, -0.05) is 9.60 Å². The van der Waals surface area contributed by atoms with Crippen molar-refractivity contribution in [2.24, 2.45) is 0 Å². The number of carbonyl (C=O) groups is 1. The Hall–Kier alpha value is -1.01. The van der Waals surface area contributed by atoms with Crippen LogP contribution < -0.4 is 0 Å². The highest BCUT2D eigenvalue weighted by Gasteiger charge is 2.57. The molecule has 0 bridgehead atoms. The van der Waals surface area contributed by atoms with Gasteiger partial charge in [0.15, 0.2) is 0 Å². The minimum absolute atomic E-state index is 1.01. The van der Waals surface area contributed by atoms with Gasteiger partial charge in [0.2, 0.25) is 0 Å². The van der Waals surface area contributed by atoms with Crippen molar-refractivity contribution in [3.63, 3.8) is 0 Å². The summed E-state index contributed by atoms with van der Waals surface area (Å²) in [6, 6.07) is 0. The molecule has 1 aliphatic rings. The van der Waals surface area contributed by atoms with Crippen LogP contribution in [0, 0.1) is 0 Å². The van der Waals surface area contributed by atoms with Gasteiger partial charge in [-0.15, -0.1) is 0 Å². The molecule has 10 heavy (non-hydrogen) atoms. The van der Waals surface area contributed by atoms with Gasteiger partial charge >= 0.3 is 18.5 Å². The lowest BCUT2D eigenvalue weighted by molar-refractivity contribution is -0.319. The molecule has 0 saturated carbocycles. The molecule has 7 heteroatoms. The van der Waals surface area contributed by atoms with Crippen LogP contribution in [0.25, 0.3) is 0 Å². The van der Waals surface area contributed by atoms with Crippen LogP contribution >= 0.6 is 0 Å². The number of rotatable bonds is 0. The molecule has 1 atom stereocenters. The molecule has 0 unspecified atom stereocenters. The summed E-state index contributed by atoms with van der Waals surface area (Å²) in [5.74, 6) is 0. The first kappa shape index (κ1) is 7.10. The molecule has 0 radical (unpaired) electrons. The second-order valence-electron chi connectivity index (χ2n) is 1.59. The van der Waals surface area contributed by atoms with Crippen LogP contribution in [-0.4, -0.2) is 23.6 Å². The van der Waals surface area contributed by atoms with Crippen LogP contribution in [0.2, 0.25) is 0 Å². The van der Waals surface area contributed by atoms with Crippen molar-refractivity contribution >= 4 is 6.09 Å². The van der Waals surface area contributed by atoms with Crippen molar-refractivity contribution in [3.8, 4) is 0 Å². The zero-order valence-corrected chi connectivity index (χ0v) is 4.35. The third-order valence-corrected chi connectivity index (χ3v) is 0.873. The lowest BCUT2D eigenvalue weighted by atomic mass is 10.5. The van der Waals surface area contributed by atoms with E-state index in [0.29, 0.717) is 0 Å². The molecule has 1 amide bonds. The molecular weight excluding hydrogens is 158 g/mol. The Balaban J connectivity index is 2.56. The van der Waals surface area contributed by atoms with Crippen molar-refractivity contribution in [2.75, 3.05) is 0 Å². The van der Waals surface area contributed by atoms with Gasteiger partial charge in [0.1, 0.15) is 0 Å². The second kappa shape index (κ2) is 1.74. The maximum atomic E-state index is 11.7. The summed E-state index contributed by atoms with van der Waals surface area (Å²) in [6.45, 7) is 0. The molecule has 1 rings (SSSR count). The number of carbonyl (C=O) groups excluding carboxylic acids is 1. The predicted molar refractivity (Wildman–Crippen MR) is 19.3 cm³/mol.